The maximum absolute atomic E-state index is 12.3. The Morgan fingerprint density at radius 2 is 1.78 bits per heavy atom. The van der Waals surface area contributed by atoms with Gasteiger partial charge in [0.25, 0.3) is 5.91 Å². The average molecular weight is 271 g/mol. The van der Waals surface area contributed by atoms with E-state index in [9.17, 15) is 18.0 Å². The third-order valence-corrected chi connectivity index (χ3v) is 3.08. The van der Waals surface area contributed by atoms with Gasteiger partial charge in [-0.25, -0.2) is 0 Å². The number of carbonyl (C=O) groups is 1. The Kier molecular flexibility index (Phi) is 3.38. The Labute approximate surface area is 105 Å². The fraction of sp³-hybridized carbons (Fsp3) is 0.0833. The van der Waals surface area contributed by atoms with Crippen molar-refractivity contribution in [3.05, 3.63) is 52.2 Å². The summed E-state index contributed by atoms with van der Waals surface area (Å²) in [5.41, 5.74) is -0.405. The van der Waals surface area contributed by atoms with Crippen LogP contribution in [0.4, 0.5) is 18.9 Å². The van der Waals surface area contributed by atoms with Crippen LogP contribution in [0.2, 0.25) is 0 Å². The van der Waals surface area contributed by atoms with Crippen LogP contribution in [0.5, 0.6) is 0 Å². The van der Waals surface area contributed by atoms with Crippen LogP contribution in [0.3, 0.4) is 0 Å². The van der Waals surface area contributed by atoms with Crippen molar-refractivity contribution in [1.82, 2.24) is 0 Å². The van der Waals surface area contributed by atoms with Crippen LogP contribution < -0.4 is 5.32 Å². The van der Waals surface area contributed by atoms with Crippen molar-refractivity contribution in [1.29, 1.82) is 0 Å². The summed E-state index contributed by atoms with van der Waals surface area (Å²) in [5, 5.41) is 4.28. The first kappa shape index (κ1) is 12.6. The zero-order valence-electron chi connectivity index (χ0n) is 8.99. The molecule has 1 N–H and O–H groups in total. The van der Waals surface area contributed by atoms with Gasteiger partial charge in [0, 0.05) is 5.69 Å². The van der Waals surface area contributed by atoms with Gasteiger partial charge in [-0.05, 0) is 35.7 Å². The molecule has 0 saturated heterocycles. The Bertz CT molecular complexity index is 531. The molecular weight excluding hydrogens is 263 g/mol. The van der Waals surface area contributed by atoms with Gasteiger partial charge in [0.1, 0.15) is 0 Å². The molecule has 0 fully saturated rings. The van der Waals surface area contributed by atoms with E-state index in [-0.39, 0.29) is 5.91 Å². The third-order valence-electron chi connectivity index (χ3n) is 2.22. The Balaban J connectivity index is 2.09. The molecule has 1 aromatic heterocycles. The highest BCUT2D eigenvalue weighted by atomic mass is 32.1. The van der Waals surface area contributed by atoms with E-state index in [1.165, 1.54) is 23.5 Å². The normalized spacial score (nSPS) is 11.3. The van der Waals surface area contributed by atoms with Crippen molar-refractivity contribution >= 4 is 22.9 Å². The minimum absolute atomic E-state index is 0.329. The first-order valence-electron chi connectivity index (χ1n) is 4.99. The number of alkyl halides is 3. The smallest absolute Gasteiger partial charge is 0.321 e. The molecule has 0 unspecified atom stereocenters. The number of benzene rings is 1. The lowest BCUT2D eigenvalue weighted by atomic mass is 10.2. The Morgan fingerprint density at radius 1 is 1.11 bits per heavy atom. The van der Waals surface area contributed by atoms with Gasteiger partial charge in [-0.3, -0.25) is 4.79 Å². The topological polar surface area (TPSA) is 29.1 Å². The Hall–Kier alpha value is -1.82. The second kappa shape index (κ2) is 4.81. The van der Waals surface area contributed by atoms with Gasteiger partial charge in [0.15, 0.2) is 0 Å². The monoisotopic (exact) mass is 271 g/mol. The second-order valence-corrected chi connectivity index (χ2v) is 4.45. The van der Waals surface area contributed by atoms with Crippen LogP contribution in [0.25, 0.3) is 0 Å². The molecule has 2 rings (SSSR count). The summed E-state index contributed by atoms with van der Waals surface area (Å²) >= 11 is 1.27. The summed E-state index contributed by atoms with van der Waals surface area (Å²) in [5.74, 6) is -0.329. The number of nitrogens with one attached hydrogen (secondary N) is 1. The van der Waals surface area contributed by atoms with E-state index in [1.807, 2.05) is 0 Å². The molecule has 18 heavy (non-hydrogen) atoms. The molecule has 0 bridgehead atoms. The van der Waals surface area contributed by atoms with E-state index in [1.54, 1.807) is 17.5 Å². The number of anilines is 1. The zero-order valence-corrected chi connectivity index (χ0v) is 9.81. The SMILES string of the molecule is O=C(Nc1ccc(C(F)(F)F)cc1)c1cccs1. The van der Waals surface area contributed by atoms with Gasteiger partial charge in [0.05, 0.1) is 10.4 Å². The number of hydrogen-bond donors (Lipinski definition) is 1. The largest absolute Gasteiger partial charge is 0.416 e. The van der Waals surface area contributed by atoms with Crippen LogP contribution in [0.1, 0.15) is 15.2 Å². The van der Waals surface area contributed by atoms with Crippen LogP contribution in [0, 0.1) is 0 Å². The van der Waals surface area contributed by atoms with E-state index in [4.69, 9.17) is 0 Å². The fourth-order valence-electron chi connectivity index (χ4n) is 1.34. The molecule has 2 aromatic rings. The quantitative estimate of drug-likeness (QED) is 0.878. The van der Waals surface area contributed by atoms with Gasteiger partial charge in [-0.15, -0.1) is 11.3 Å². The highest BCUT2D eigenvalue weighted by molar-refractivity contribution is 7.12. The maximum Gasteiger partial charge on any atom is 0.416 e. The number of amides is 1. The number of carbonyl (C=O) groups excluding carboxylic acids is 1. The summed E-state index contributed by atoms with van der Waals surface area (Å²) < 4.78 is 37.0. The minimum Gasteiger partial charge on any atom is -0.321 e. The predicted octanol–water partition coefficient (Wildman–Crippen LogP) is 4.02. The highest BCUT2D eigenvalue weighted by Crippen LogP contribution is 2.29. The van der Waals surface area contributed by atoms with Crippen molar-refractivity contribution in [3.63, 3.8) is 0 Å². The molecule has 0 aliphatic rings. The molecule has 0 aliphatic carbocycles. The molecule has 0 radical (unpaired) electrons. The zero-order chi connectivity index (χ0) is 13.2. The summed E-state index contributed by atoms with van der Waals surface area (Å²) in [6.07, 6.45) is -4.36. The van der Waals surface area contributed by atoms with Gasteiger partial charge >= 0.3 is 6.18 Å². The van der Waals surface area contributed by atoms with Crippen LogP contribution in [0.15, 0.2) is 41.8 Å². The van der Waals surface area contributed by atoms with Crippen molar-refractivity contribution < 1.29 is 18.0 Å². The van der Waals surface area contributed by atoms with Crippen molar-refractivity contribution in [2.24, 2.45) is 0 Å². The molecule has 0 atom stereocenters. The van der Waals surface area contributed by atoms with E-state index in [2.05, 4.69) is 5.32 Å². The lowest BCUT2D eigenvalue weighted by molar-refractivity contribution is -0.137. The van der Waals surface area contributed by atoms with Crippen molar-refractivity contribution in [3.8, 4) is 0 Å². The van der Waals surface area contributed by atoms with Crippen LogP contribution in [-0.2, 0) is 6.18 Å². The standard InChI is InChI=1S/C12H8F3NOS/c13-12(14,15)8-3-5-9(6-4-8)16-11(17)10-2-1-7-18-10/h1-7H,(H,16,17). The van der Waals surface area contributed by atoms with Crippen molar-refractivity contribution in [2.75, 3.05) is 5.32 Å². The average Bonchev–Trinajstić information content (AvgIpc) is 2.82. The van der Waals surface area contributed by atoms with E-state index in [0.29, 0.717) is 10.6 Å². The minimum atomic E-state index is -4.36. The molecule has 2 nitrogen and oxygen atoms in total. The number of hydrogen-bond acceptors (Lipinski definition) is 2. The number of thiophene rings is 1. The molecule has 0 aliphatic heterocycles. The first-order chi connectivity index (χ1) is 8.47. The summed E-state index contributed by atoms with van der Waals surface area (Å²) in [6, 6.07) is 7.70. The van der Waals surface area contributed by atoms with Gasteiger partial charge in [0.2, 0.25) is 0 Å². The molecule has 94 valence electrons. The molecule has 6 heteroatoms. The summed E-state index contributed by atoms with van der Waals surface area (Å²) in [7, 11) is 0. The Morgan fingerprint density at radius 3 is 2.28 bits per heavy atom. The highest BCUT2D eigenvalue weighted by Gasteiger charge is 2.29. The second-order valence-electron chi connectivity index (χ2n) is 3.51. The van der Waals surface area contributed by atoms with Gasteiger partial charge in [-0.1, -0.05) is 6.07 Å². The summed E-state index contributed by atoms with van der Waals surface area (Å²) in [6.45, 7) is 0. The lowest BCUT2D eigenvalue weighted by Crippen LogP contribution is -2.10. The van der Waals surface area contributed by atoms with Crippen LogP contribution >= 0.6 is 11.3 Å². The van der Waals surface area contributed by atoms with E-state index >= 15 is 0 Å². The molecule has 1 aromatic carbocycles. The first-order valence-corrected chi connectivity index (χ1v) is 5.87. The van der Waals surface area contributed by atoms with Crippen molar-refractivity contribution in [2.45, 2.75) is 6.18 Å². The predicted molar refractivity (Wildman–Crippen MR) is 63.7 cm³/mol. The lowest BCUT2D eigenvalue weighted by Gasteiger charge is -2.08. The number of halogens is 3. The fourth-order valence-corrected chi connectivity index (χ4v) is 1.96. The van der Waals surface area contributed by atoms with E-state index in [0.717, 1.165) is 12.1 Å². The van der Waals surface area contributed by atoms with Gasteiger partial charge < -0.3 is 5.32 Å². The third kappa shape index (κ3) is 2.89. The maximum atomic E-state index is 12.3. The van der Waals surface area contributed by atoms with E-state index < -0.39 is 11.7 Å². The van der Waals surface area contributed by atoms with Gasteiger partial charge in [-0.2, -0.15) is 13.2 Å². The molecule has 1 heterocycles. The molecular formula is C12H8F3NOS. The molecule has 0 spiro atoms. The molecule has 0 saturated carbocycles. The number of rotatable bonds is 2. The summed E-state index contributed by atoms with van der Waals surface area (Å²) in [4.78, 5) is 12.1. The molecule has 1 amide bonds. The van der Waals surface area contributed by atoms with Crippen LogP contribution in [-0.4, -0.2) is 5.91 Å².